The molecule has 0 aliphatic heterocycles. The number of aryl methyl sites for hydroxylation is 1. The molecule has 192 valence electrons. The Balaban J connectivity index is 1.80. The summed E-state index contributed by atoms with van der Waals surface area (Å²) in [6, 6.07) is 20.4. The van der Waals surface area contributed by atoms with Crippen LogP contribution in [0.3, 0.4) is 0 Å². The average Bonchev–Trinajstić information content (AvgIpc) is 2.88. The Morgan fingerprint density at radius 1 is 0.892 bits per heavy atom. The molecule has 0 spiro atoms. The largest absolute Gasteiger partial charge is 0.465 e. The molecule has 0 fully saturated rings. The maximum atomic E-state index is 12.8. The lowest BCUT2D eigenvalue weighted by Gasteiger charge is -2.11. The Labute approximate surface area is 215 Å². The number of carbonyl (C=O) groups is 3. The monoisotopic (exact) mass is 522 g/mol. The molecule has 2 amide bonds. The molecule has 0 aromatic heterocycles. The fourth-order valence-electron chi connectivity index (χ4n) is 3.07. The zero-order valence-electron chi connectivity index (χ0n) is 20.3. The predicted octanol–water partition coefficient (Wildman–Crippen LogP) is 3.21. The van der Waals surface area contributed by atoms with Gasteiger partial charge in [0.05, 0.1) is 6.61 Å². The van der Waals surface area contributed by atoms with Gasteiger partial charge in [0.2, 0.25) is 0 Å². The van der Waals surface area contributed by atoms with Crippen LogP contribution in [-0.4, -0.2) is 39.4 Å². The molecule has 0 saturated carbocycles. The van der Waals surface area contributed by atoms with Crippen molar-refractivity contribution in [3.05, 3.63) is 101 Å². The first-order valence-corrected chi connectivity index (χ1v) is 12.7. The highest BCUT2D eigenvalue weighted by molar-refractivity contribution is 7.87. The molecular formula is C27H26N2O7S. The summed E-state index contributed by atoms with van der Waals surface area (Å²) < 4.78 is 35.0. The first-order chi connectivity index (χ1) is 17.7. The number of ether oxygens (including phenoxy) is 1. The molecule has 37 heavy (non-hydrogen) atoms. The number of carbonyl (C=O) groups excluding carboxylic acids is 3. The maximum absolute atomic E-state index is 12.8. The van der Waals surface area contributed by atoms with Gasteiger partial charge in [-0.2, -0.15) is 8.42 Å². The third kappa shape index (κ3) is 8.04. The van der Waals surface area contributed by atoms with E-state index in [1.54, 1.807) is 49.4 Å². The first-order valence-electron chi connectivity index (χ1n) is 11.3. The summed E-state index contributed by atoms with van der Waals surface area (Å²) in [5.74, 6) is -1.79. The lowest BCUT2D eigenvalue weighted by molar-refractivity contribution is -0.143. The molecule has 0 radical (unpaired) electrons. The summed E-state index contributed by atoms with van der Waals surface area (Å²) >= 11 is 0. The fraction of sp³-hybridized carbons (Fsp3) is 0.148. The Hall–Kier alpha value is -4.44. The topological polar surface area (TPSA) is 128 Å². The molecule has 3 aromatic carbocycles. The molecule has 10 heteroatoms. The standard InChI is InChI=1S/C27H26N2O7S/c1-3-35-25(30)18-28-27(32)24(29-26(31)21-7-5-4-6-8-21)17-20-11-13-22(14-12-20)36-37(33,34)23-15-9-19(2)10-16-23/h4-17H,3,18H2,1-2H3,(H,28,32)(H,29,31). The molecule has 0 bridgehead atoms. The molecule has 3 rings (SSSR count). The molecule has 0 heterocycles. The van der Waals surface area contributed by atoms with Crippen LogP contribution < -0.4 is 14.8 Å². The average molecular weight is 523 g/mol. The third-order valence-corrected chi connectivity index (χ3v) is 6.20. The summed E-state index contributed by atoms with van der Waals surface area (Å²) in [5.41, 5.74) is 1.59. The molecule has 9 nitrogen and oxygen atoms in total. The van der Waals surface area contributed by atoms with Gasteiger partial charge in [0.1, 0.15) is 22.9 Å². The smallest absolute Gasteiger partial charge is 0.339 e. The number of esters is 1. The van der Waals surface area contributed by atoms with Crippen LogP contribution in [-0.2, 0) is 24.4 Å². The van der Waals surface area contributed by atoms with Crippen LogP contribution in [0, 0.1) is 6.92 Å². The number of nitrogens with one attached hydrogen (secondary N) is 2. The second-order valence-corrected chi connectivity index (χ2v) is 9.33. The van der Waals surface area contributed by atoms with E-state index in [1.165, 1.54) is 42.5 Å². The second kappa shape index (κ2) is 12.5. The van der Waals surface area contributed by atoms with E-state index in [0.29, 0.717) is 11.1 Å². The van der Waals surface area contributed by atoms with Gasteiger partial charge in [-0.05, 0) is 61.9 Å². The second-order valence-electron chi connectivity index (χ2n) is 7.79. The highest BCUT2D eigenvalue weighted by Crippen LogP contribution is 2.20. The molecular weight excluding hydrogens is 496 g/mol. The van der Waals surface area contributed by atoms with Crippen molar-refractivity contribution in [3.8, 4) is 5.75 Å². The Morgan fingerprint density at radius 3 is 2.16 bits per heavy atom. The number of rotatable bonds is 10. The predicted molar refractivity (Wildman–Crippen MR) is 137 cm³/mol. The quantitative estimate of drug-likeness (QED) is 0.238. The summed E-state index contributed by atoms with van der Waals surface area (Å²) in [6.07, 6.45) is 1.39. The van der Waals surface area contributed by atoms with E-state index < -0.39 is 27.9 Å². The summed E-state index contributed by atoms with van der Waals surface area (Å²) in [7, 11) is -4.03. The number of benzene rings is 3. The number of hydrogen-bond acceptors (Lipinski definition) is 7. The van der Waals surface area contributed by atoms with Crippen LogP contribution in [0.15, 0.2) is 89.5 Å². The maximum Gasteiger partial charge on any atom is 0.339 e. The summed E-state index contributed by atoms with van der Waals surface area (Å²) in [5, 5.41) is 4.96. The van der Waals surface area contributed by atoms with Gasteiger partial charge < -0.3 is 19.6 Å². The van der Waals surface area contributed by atoms with Crippen molar-refractivity contribution in [3.63, 3.8) is 0 Å². The fourth-order valence-corrected chi connectivity index (χ4v) is 4.00. The first kappa shape index (κ1) is 27.2. The van der Waals surface area contributed by atoms with Gasteiger partial charge in [-0.15, -0.1) is 0 Å². The minimum atomic E-state index is -4.03. The van der Waals surface area contributed by atoms with Gasteiger partial charge in [0, 0.05) is 5.56 Å². The van der Waals surface area contributed by atoms with Gasteiger partial charge >= 0.3 is 16.1 Å². The Kier molecular flexibility index (Phi) is 9.17. The minimum absolute atomic E-state index is 0.0197. The molecule has 3 aromatic rings. The van der Waals surface area contributed by atoms with E-state index in [1.807, 2.05) is 6.92 Å². The van der Waals surface area contributed by atoms with Crippen molar-refractivity contribution >= 4 is 34.0 Å². The van der Waals surface area contributed by atoms with E-state index in [0.717, 1.165) is 5.56 Å². The van der Waals surface area contributed by atoms with Crippen molar-refractivity contribution < 1.29 is 31.7 Å². The van der Waals surface area contributed by atoms with Crippen LogP contribution >= 0.6 is 0 Å². The molecule has 0 atom stereocenters. The zero-order chi connectivity index (χ0) is 26.8. The van der Waals surface area contributed by atoms with Crippen molar-refractivity contribution in [2.45, 2.75) is 18.7 Å². The molecule has 0 saturated heterocycles. The van der Waals surface area contributed by atoms with E-state index >= 15 is 0 Å². The van der Waals surface area contributed by atoms with Crippen molar-refractivity contribution in [1.82, 2.24) is 10.6 Å². The van der Waals surface area contributed by atoms with Gasteiger partial charge in [-0.1, -0.05) is 48.0 Å². The molecule has 0 aliphatic carbocycles. The normalized spacial score (nSPS) is 11.4. The van der Waals surface area contributed by atoms with Crippen LogP contribution in [0.2, 0.25) is 0 Å². The van der Waals surface area contributed by atoms with Crippen LogP contribution in [0.25, 0.3) is 6.08 Å². The third-order valence-electron chi connectivity index (χ3n) is 4.93. The van der Waals surface area contributed by atoms with Crippen molar-refractivity contribution in [1.29, 1.82) is 0 Å². The van der Waals surface area contributed by atoms with Crippen molar-refractivity contribution in [2.75, 3.05) is 13.2 Å². The molecule has 0 aliphatic rings. The van der Waals surface area contributed by atoms with E-state index in [9.17, 15) is 22.8 Å². The molecule has 0 unspecified atom stereocenters. The molecule has 2 N–H and O–H groups in total. The van der Waals surface area contributed by atoms with Crippen LogP contribution in [0.1, 0.15) is 28.4 Å². The van der Waals surface area contributed by atoms with E-state index in [2.05, 4.69) is 10.6 Å². The Morgan fingerprint density at radius 2 is 1.54 bits per heavy atom. The van der Waals surface area contributed by atoms with Gasteiger partial charge in [-0.3, -0.25) is 14.4 Å². The van der Waals surface area contributed by atoms with E-state index in [4.69, 9.17) is 8.92 Å². The minimum Gasteiger partial charge on any atom is -0.465 e. The lowest BCUT2D eigenvalue weighted by Crippen LogP contribution is -2.37. The van der Waals surface area contributed by atoms with Gasteiger partial charge in [0.15, 0.2) is 0 Å². The number of amides is 2. The van der Waals surface area contributed by atoms with Gasteiger partial charge in [-0.25, -0.2) is 0 Å². The van der Waals surface area contributed by atoms with Crippen LogP contribution in [0.5, 0.6) is 5.75 Å². The lowest BCUT2D eigenvalue weighted by atomic mass is 10.1. The summed E-state index contributed by atoms with van der Waals surface area (Å²) in [6.45, 7) is 3.27. The van der Waals surface area contributed by atoms with Gasteiger partial charge in [0.25, 0.3) is 11.8 Å². The Bertz CT molecular complexity index is 1380. The highest BCUT2D eigenvalue weighted by Gasteiger charge is 2.18. The van der Waals surface area contributed by atoms with E-state index in [-0.39, 0.29) is 29.5 Å². The highest BCUT2D eigenvalue weighted by atomic mass is 32.2. The van der Waals surface area contributed by atoms with Crippen LogP contribution in [0.4, 0.5) is 0 Å². The summed E-state index contributed by atoms with van der Waals surface area (Å²) in [4.78, 5) is 37.1. The SMILES string of the molecule is CCOC(=O)CNC(=O)C(=Cc1ccc(OS(=O)(=O)c2ccc(C)cc2)cc1)NC(=O)c1ccccc1. The number of hydrogen-bond donors (Lipinski definition) is 2. The zero-order valence-corrected chi connectivity index (χ0v) is 21.1. The van der Waals surface area contributed by atoms with Crippen molar-refractivity contribution in [2.24, 2.45) is 0 Å².